The third kappa shape index (κ3) is 3.69. The van der Waals surface area contributed by atoms with Crippen molar-refractivity contribution in [2.75, 3.05) is 6.54 Å². The topological polar surface area (TPSA) is 133 Å². The van der Waals surface area contributed by atoms with E-state index in [1.54, 1.807) is 23.2 Å². The number of hydrogen-bond donors (Lipinski definition) is 2. The van der Waals surface area contributed by atoms with Gasteiger partial charge in [0.1, 0.15) is 6.04 Å². The molecule has 0 saturated carbocycles. The average molecular weight is 473 g/mol. The van der Waals surface area contributed by atoms with E-state index in [9.17, 15) is 19.2 Å². The average Bonchev–Trinajstić information content (AvgIpc) is 3.55. The lowest BCUT2D eigenvalue weighted by Gasteiger charge is -2.29. The number of benzene rings is 1. The van der Waals surface area contributed by atoms with Gasteiger partial charge in [-0.3, -0.25) is 24.5 Å². The Morgan fingerprint density at radius 1 is 1.06 bits per heavy atom. The first-order chi connectivity index (χ1) is 17.0. The number of aryl methyl sites for hydroxylation is 1. The zero-order valence-electron chi connectivity index (χ0n) is 18.9. The van der Waals surface area contributed by atoms with Crippen LogP contribution in [0.2, 0.25) is 0 Å². The van der Waals surface area contributed by atoms with Crippen molar-refractivity contribution in [2.24, 2.45) is 0 Å². The Morgan fingerprint density at radius 2 is 1.94 bits per heavy atom. The standard InChI is InChI=1S/C24H23N7O4/c32-21-6-5-20(22(33)26-21)30-12-15-10-16(3-4-17(15)23(30)34)31-13-19(27-28-31)24(35)29-9-1-2-18-14(11-29)7-8-25-18/h3-4,7-8,10,13,20,25H,1-2,5-6,9,11-12H2,(H,26,32,33). The zero-order chi connectivity index (χ0) is 24.1. The lowest BCUT2D eigenvalue weighted by molar-refractivity contribution is -0.136. The second kappa shape index (κ2) is 8.19. The minimum absolute atomic E-state index is 0.175. The van der Waals surface area contributed by atoms with Crippen LogP contribution in [0.25, 0.3) is 5.69 Å². The number of nitrogens with one attached hydrogen (secondary N) is 2. The molecule has 11 nitrogen and oxygen atoms in total. The molecule has 5 heterocycles. The lowest BCUT2D eigenvalue weighted by Crippen LogP contribution is -2.52. The summed E-state index contributed by atoms with van der Waals surface area (Å²) < 4.78 is 1.52. The maximum Gasteiger partial charge on any atom is 0.276 e. The predicted molar refractivity (Wildman–Crippen MR) is 121 cm³/mol. The van der Waals surface area contributed by atoms with Gasteiger partial charge in [-0.1, -0.05) is 5.21 Å². The lowest BCUT2D eigenvalue weighted by atomic mass is 10.0. The molecule has 1 fully saturated rings. The number of aromatic amines is 1. The number of carbonyl (C=O) groups excluding carboxylic acids is 4. The summed E-state index contributed by atoms with van der Waals surface area (Å²) in [5.41, 5.74) is 4.48. The number of imide groups is 1. The quantitative estimate of drug-likeness (QED) is 0.544. The van der Waals surface area contributed by atoms with Crippen LogP contribution in [0, 0.1) is 0 Å². The molecule has 35 heavy (non-hydrogen) atoms. The number of fused-ring (bicyclic) bond motifs is 2. The number of carbonyl (C=O) groups is 4. The number of amides is 4. The van der Waals surface area contributed by atoms with Gasteiger partial charge in [0.05, 0.1) is 11.9 Å². The molecule has 3 aliphatic heterocycles. The fraction of sp³-hybridized carbons (Fsp3) is 0.333. The van der Waals surface area contributed by atoms with Crippen LogP contribution < -0.4 is 5.32 Å². The molecule has 2 aromatic heterocycles. The minimum Gasteiger partial charge on any atom is -0.365 e. The second-order valence-corrected chi connectivity index (χ2v) is 9.10. The molecule has 3 aliphatic rings. The number of H-pyrrole nitrogens is 1. The van der Waals surface area contributed by atoms with E-state index in [1.807, 2.05) is 18.3 Å². The molecule has 0 aliphatic carbocycles. The highest BCUT2D eigenvalue weighted by Crippen LogP contribution is 2.29. The Bertz CT molecular complexity index is 1370. The predicted octanol–water partition coefficient (Wildman–Crippen LogP) is 0.945. The van der Waals surface area contributed by atoms with Crippen molar-refractivity contribution in [3.63, 3.8) is 0 Å². The number of aromatic nitrogens is 4. The molecule has 1 saturated heterocycles. The first kappa shape index (κ1) is 21.3. The summed E-state index contributed by atoms with van der Waals surface area (Å²) in [7, 11) is 0. The van der Waals surface area contributed by atoms with Gasteiger partial charge in [0.25, 0.3) is 11.8 Å². The highest BCUT2D eigenvalue weighted by molar-refractivity contribution is 6.05. The van der Waals surface area contributed by atoms with Gasteiger partial charge in [0.2, 0.25) is 11.8 Å². The fourth-order valence-electron chi connectivity index (χ4n) is 5.08. The van der Waals surface area contributed by atoms with Gasteiger partial charge in [-0.25, -0.2) is 4.68 Å². The first-order valence-electron chi connectivity index (χ1n) is 11.6. The third-order valence-corrected chi connectivity index (χ3v) is 6.92. The molecule has 1 aromatic carbocycles. The van der Waals surface area contributed by atoms with E-state index in [-0.39, 0.29) is 36.4 Å². The first-order valence-corrected chi connectivity index (χ1v) is 11.6. The van der Waals surface area contributed by atoms with E-state index >= 15 is 0 Å². The molecular formula is C24H23N7O4. The van der Waals surface area contributed by atoms with Gasteiger partial charge in [0.15, 0.2) is 5.69 Å². The van der Waals surface area contributed by atoms with Crippen LogP contribution >= 0.6 is 0 Å². The van der Waals surface area contributed by atoms with Crippen LogP contribution in [-0.4, -0.2) is 66.0 Å². The molecule has 178 valence electrons. The van der Waals surface area contributed by atoms with Gasteiger partial charge in [-0.2, -0.15) is 0 Å². The van der Waals surface area contributed by atoms with Crippen LogP contribution in [0.5, 0.6) is 0 Å². The number of nitrogens with zero attached hydrogens (tertiary/aromatic N) is 5. The summed E-state index contributed by atoms with van der Waals surface area (Å²) in [5, 5.41) is 10.6. The summed E-state index contributed by atoms with van der Waals surface area (Å²) in [4.78, 5) is 56.3. The van der Waals surface area contributed by atoms with E-state index in [0.29, 0.717) is 30.8 Å². The van der Waals surface area contributed by atoms with Crippen LogP contribution in [0.1, 0.15) is 56.9 Å². The SMILES string of the molecule is O=C1CCC(N2Cc3cc(-n4cc(C(=O)N5CCCc6[nH]ccc6C5)nn4)ccc3C2=O)C(=O)N1. The molecule has 11 heteroatoms. The number of hydrogen-bond acceptors (Lipinski definition) is 6. The van der Waals surface area contributed by atoms with E-state index in [2.05, 4.69) is 20.6 Å². The van der Waals surface area contributed by atoms with Crippen molar-refractivity contribution in [3.05, 3.63) is 64.7 Å². The van der Waals surface area contributed by atoms with Crippen LogP contribution in [0.15, 0.2) is 36.7 Å². The van der Waals surface area contributed by atoms with Gasteiger partial charge in [0, 0.05) is 43.5 Å². The maximum absolute atomic E-state index is 13.1. The summed E-state index contributed by atoms with van der Waals surface area (Å²) in [6.07, 6.45) is 5.79. The van der Waals surface area contributed by atoms with Crippen molar-refractivity contribution >= 4 is 23.6 Å². The maximum atomic E-state index is 13.1. The second-order valence-electron chi connectivity index (χ2n) is 9.10. The van der Waals surface area contributed by atoms with E-state index in [1.165, 1.54) is 15.3 Å². The molecule has 3 aromatic rings. The fourth-order valence-corrected chi connectivity index (χ4v) is 5.08. The van der Waals surface area contributed by atoms with Crippen molar-refractivity contribution in [3.8, 4) is 5.69 Å². The Labute approximate surface area is 200 Å². The molecule has 4 amide bonds. The zero-order valence-corrected chi connectivity index (χ0v) is 18.9. The van der Waals surface area contributed by atoms with Crippen molar-refractivity contribution in [1.29, 1.82) is 0 Å². The van der Waals surface area contributed by atoms with E-state index in [0.717, 1.165) is 24.0 Å². The minimum atomic E-state index is -0.666. The van der Waals surface area contributed by atoms with Gasteiger partial charge in [-0.15, -0.1) is 5.10 Å². The molecule has 1 unspecified atom stereocenters. The Kier molecular flexibility index (Phi) is 4.97. The highest BCUT2D eigenvalue weighted by Gasteiger charge is 2.39. The van der Waals surface area contributed by atoms with Crippen LogP contribution in [0.3, 0.4) is 0 Å². The third-order valence-electron chi connectivity index (χ3n) is 6.92. The molecule has 2 N–H and O–H groups in total. The van der Waals surface area contributed by atoms with Crippen molar-refractivity contribution in [1.82, 2.24) is 35.1 Å². The summed E-state index contributed by atoms with van der Waals surface area (Å²) >= 11 is 0. The molecular weight excluding hydrogens is 450 g/mol. The molecule has 1 atom stereocenters. The Balaban J connectivity index is 1.20. The number of piperidine rings is 1. The smallest absolute Gasteiger partial charge is 0.276 e. The molecule has 0 spiro atoms. The Morgan fingerprint density at radius 3 is 2.80 bits per heavy atom. The Hall–Kier alpha value is -4.28. The van der Waals surface area contributed by atoms with E-state index < -0.39 is 11.9 Å². The molecule has 0 radical (unpaired) electrons. The highest BCUT2D eigenvalue weighted by atomic mass is 16.2. The van der Waals surface area contributed by atoms with Gasteiger partial charge in [-0.05, 0) is 54.7 Å². The summed E-state index contributed by atoms with van der Waals surface area (Å²) in [5.74, 6) is -1.17. The van der Waals surface area contributed by atoms with Crippen molar-refractivity contribution < 1.29 is 19.2 Å². The normalized spacial score (nSPS) is 19.9. The van der Waals surface area contributed by atoms with Crippen molar-refractivity contribution in [2.45, 2.75) is 44.8 Å². The molecule has 6 rings (SSSR count). The largest absolute Gasteiger partial charge is 0.365 e. The van der Waals surface area contributed by atoms with Crippen LogP contribution in [0.4, 0.5) is 0 Å². The monoisotopic (exact) mass is 473 g/mol. The number of rotatable bonds is 3. The summed E-state index contributed by atoms with van der Waals surface area (Å²) in [6, 6.07) is 6.60. The summed E-state index contributed by atoms with van der Waals surface area (Å²) in [6.45, 7) is 1.44. The van der Waals surface area contributed by atoms with E-state index in [4.69, 9.17) is 0 Å². The molecule has 0 bridgehead atoms. The van der Waals surface area contributed by atoms with Crippen LogP contribution in [-0.2, 0) is 29.1 Å². The van der Waals surface area contributed by atoms with Gasteiger partial charge < -0.3 is 14.8 Å². The van der Waals surface area contributed by atoms with Gasteiger partial charge >= 0.3 is 0 Å².